The van der Waals surface area contributed by atoms with Crippen molar-refractivity contribution in [1.29, 1.82) is 5.41 Å². The van der Waals surface area contributed by atoms with Gasteiger partial charge in [0.2, 0.25) is 9.84 Å². The first-order valence-corrected chi connectivity index (χ1v) is 12.5. The van der Waals surface area contributed by atoms with E-state index < -0.39 is 30.0 Å². The summed E-state index contributed by atoms with van der Waals surface area (Å²) in [4.78, 5) is 0.417. The van der Waals surface area contributed by atoms with Crippen LogP contribution in [-0.2, 0) is 25.2 Å². The molecule has 0 unspecified atom stereocenters. The predicted octanol–water partition coefficient (Wildman–Crippen LogP) is 2.86. The zero-order valence-electron chi connectivity index (χ0n) is 17.1. The molecular formula is C22H22N2O4S2. The van der Waals surface area contributed by atoms with Gasteiger partial charge in [0, 0.05) is 16.7 Å². The van der Waals surface area contributed by atoms with Crippen molar-refractivity contribution in [2.24, 2.45) is 0 Å². The van der Waals surface area contributed by atoms with Gasteiger partial charge in [-0.2, -0.15) is 0 Å². The number of nitrogens with one attached hydrogen (secondary N) is 2. The van der Waals surface area contributed by atoms with Gasteiger partial charge in [-0.05, 0) is 63.6 Å². The Hall–Kier alpha value is -2.63. The van der Waals surface area contributed by atoms with E-state index in [4.69, 9.17) is 5.41 Å². The maximum atomic E-state index is 13.0. The van der Waals surface area contributed by atoms with Crippen LogP contribution in [-0.4, -0.2) is 33.2 Å². The molecule has 8 heteroatoms. The summed E-state index contributed by atoms with van der Waals surface area (Å²) in [6.07, 6.45) is 0. The van der Waals surface area contributed by atoms with Crippen molar-refractivity contribution >= 4 is 25.5 Å². The van der Waals surface area contributed by atoms with Gasteiger partial charge in [0.15, 0.2) is 9.84 Å². The van der Waals surface area contributed by atoms with E-state index in [-0.39, 0.29) is 21.4 Å². The van der Waals surface area contributed by atoms with E-state index in [1.165, 1.54) is 19.9 Å². The molecule has 0 bridgehead atoms. The highest BCUT2D eigenvalue weighted by molar-refractivity contribution is 7.93. The van der Waals surface area contributed by atoms with Crippen LogP contribution in [0.2, 0.25) is 0 Å². The molecule has 1 fully saturated rings. The molecule has 2 aromatic rings. The van der Waals surface area contributed by atoms with Crippen molar-refractivity contribution in [2.45, 2.75) is 47.8 Å². The Kier molecular flexibility index (Phi) is 4.26. The molecule has 1 saturated heterocycles. The van der Waals surface area contributed by atoms with Crippen molar-refractivity contribution in [1.82, 2.24) is 5.32 Å². The molecule has 2 aliphatic heterocycles. The minimum absolute atomic E-state index is 0.0784. The van der Waals surface area contributed by atoms with Gasteiger partial charge in [-0.3, -0.25) is 5.41 Å². The molecule has 0 amide bonds. The molecule has 2 aromatic carbocycles. The summed E-state index contributed by atoms with van der Waals surface area (Å²) >= 11 is 0. The molecule has 2 heterocycles. The third kappa shape index (κ3) is 2.72. The van der Waals surface area contributed by atoms with Gasteiger partial charge in [-0.25, -0.2) is 16.8 Å². The summed E-state index contributed by atoms with van der Waals surface area (Å²) in [6, 6.07) is 9.86. The average molecular weight is 443 g/mol. The summed E-state index contributed by atoms with van der Waals surface area (Å²) in [5, 5.41) is 11.3. The predicted molar refractivity (Wildman–Crippen MR) is 116 cm³/mol. The molecule has 0 aliphatic carbocycles. The van der Waals surface area contributed by atoms with Crippen molar-refractivity contribution < 1.29 is 16.8 Å². The molecule has 156 valence electrons. The second kappa shape index (κ2) is 6.19. The molecule has 2 aliphatic rings. The highest BCUT2D eigenvalue weighted by Crippen LogP contribution is 2.45. The molecule has 0 aromatic heterocycles. The van der Waals surface area contributed by atoms with Crippen LogP contribution in [0.5, 0.6) is 0 Å². The number of fused-ring (bicyclic) bond motifs is 3. The summed E-state index contributed by atoms with van der Waals surface area (Å²) in [6.45, 7) is 6.46. The van der Waals surface area contributed by atoms with E-state index in [9.17, 15) is 16.8 Å². The number of hydrogen-bond acceptors (Lipinski definition) is 5. The molecule has 30 heavy (non-hydrogen) atoms. The molecule has 0 spiro atoms. The second-order valence-electron chi connectivity index (χ2n) is 8.40. The second-order valence-corrected chi connectivity index (χ2v) is 12.8. The van der Waals surface area contributed by atoms with E-state index >= 15 is 0 Å². The van der Waals surface area contributed by atoms with Crippen molar-refractivity contribution in [3.05, 3.63) is 47.5 Å². The van der Waals surface area contributed by atoms with Gasteiger partial charge < -0.3 is 5.32 Å². The fourth-order valence-corrected chi connectivity index (χ4v) is 7.34. The van der Waals surface area contributed by atoms with Crippen LogP contribution < -0.4 is 5.32 Å². The van der Waals surface area contributed by atoms with Gasteiger partial charge in [-0.15, -0.1) is 5.92 Å². The average Bonchev–Trinajstić information content (AvgIpc) is 2.87. The smallest absolute Gasteiger partial charge is 0.207 e. The van der Waals surface area contributed by atoms with Crippen LogP contribution in [0, 0.1) is 17.3 Å². The Morgan fingerprint density at radius 2 is 1.57 bits per heavy atom. The largest absolute Gasteiger partial charge is 0.362 e. The molecule has 4 rings (SSSR count). The summed E-state index contributed by atoms with van der Waals surface area (Å²) in [5.41, 5.74) is 1.36. The molecule has 0 radical (unpaired) electrons. The lowest BCUT2D eigenvalue weighted by molar-refractivity contribution is 0.442. The minimum Gasteiger partial charge on any atom is -0.362 e. The van der Waals surface area contributed by atoms with Gasteiger partial charge in [0.1, 0.15) is 10.6 Å². The number of sulfone groups is 2. The summed E-state index contributed by atoms with van der Waals surface area (Å²) < 4.78 is 50.4. The van der Waals surface area contributed by atoms with E-state index in [0.717, 1.165) is 0 Å². The summed E-state index contributed by atoms with van der Waals surface area (Å²) in [5.74, 6) is 5.47. The Bertz CT molecular complexity index is 1390. The molecule has 1 atom stereocenters. The number of amidine groups is 1. The number of hydrogen-bond donors (Lipinski definition) is 2. The van der Waals surface area contributed by atoms with E-state index in [1.807, 2.05) is 0 Å². The van der Waals surface area contributed by atoms with E-state index in [1.54, 1.807) is 44.2 Å². The van der Waals surface area contributed by atoms with Crippen LogP contribution >= 0.6 is 0 Å². The van der Waals surface area contributed by atoms with Crippen LogP contribution in [0.1, 0.15) is 38.8 Å². The monoisotopic (exact) mass is 442 g/mol. The fourth-order valence-electron chi connectivity index (χ4n) is 3.97. The lowest BCUT2D eigenvalue weighted by Gasteiger charge is -2.43. The normalized spacial score (nSPS) is 24.7. The van der Waals surface area contributed by atoms with E-state index in [0.29, 0.717) is 22.3 Å². The first-order chi connectivity index (χ1) is 13.8. The highest BCUT2D eigenvalue weighted by atomic mass is 32.2. The maximum Gasteiger partial charge on any atom is 0.207 e. The molecule has 0 saturated carbocycles. The minimum atomic E-state index is -3.65. The Balaban J connectivity index is 1.90. The van der Waals surface area contributed by atoms with Crippen molar-refractivity contribution in [3.8, 4) is 23.0 Å². The lowest BCUT2D eigenvalue weighted by Crippen LogP contribution is -2.63. The Morgan fingerprint density at radius 3 is 2.17 bits per heavy atom. The quantitative estimate of drug-likeness (QED) is 0.564. The van der Waals surface area contributed by atoms with Gasteiger partial charge >= 0.3 is 0 Å². The van der Waals surface area contributed by atoms with Crippen molar-refractivity contribution in [3.63, 3.8) is 0 Å². The topological polar surface area (TPSA) is 104 Å². The summed E-state index contributed by atoms with van der Waals surface area (Å²) in [7, 11) is -7.25. The third-order valence-corrected chi connectivity index (χ3v) is 10.6. The van der Waals surface area contributed by atoms with Crippen LogP contribution in [0.3, 0.4) is 0 Å². The molecule has 6 nitrogen and oxygen atoms in total. The number of rotatable bonds is 1. The van der Waals surface area contributed by atoms with Gasteiger partial charge in [-0.1, -0.05) is 12.0 Å². The standard InChI is InChI=1S/C22H22N2O4S2/c1-5-6-14-7-9-18-16(11-14)17-12-15(8-10-19(17)30(18,27)28)22(4)13-29(25,26)21(2,3)20(23)24-22/h7-12H,13H2,1-4H3,(H2,23,24)/t22-/m0/s1. The van der Waals surface area contributed by atoms with Crippen LogP contribution in [0.15, 0.2) is 46.2 Å². The molecule has 2 N–H and O–H groups in total. The first kappa shape index (κ1) is 20.6. The molecular weight excluding hydrogens is 420 g/mol. The van der Waals surface area contributed by atoms with Gasteiger partial charge in [0.25, 0.3) is 0 Å². The van der Waals surface area contributed by atoms with Crippen LogP contribution in [0.25, 0.3) is 11.1 Å². The van der Waals surface area contributed by atoms with Crippen LogP contribution in [0.4, 0.5) is 0 Å². The number of benzene rings is 2. The Morgan fingerprint density at radius 1 is 0.967 bits per heavy atom. The zero-order valence-corrected chi connectivity index (χ0v) is 18.8. The fraction of sp³-hybridized carbons (Fsp3) is 0.318. The Labute approximate surface area is 177 Å². The van der Waals surface area contributed by atoms with Crippen molar-refractivity contribution in [2.75, 3.05) is 5.75 Å². The van der Waals surface area contributed by atoms with E-state index in [2.05, 4.69) is 17.2 Å². The lowest BCUT2D eigenvalue weighted by atomic mass is 9.89. The third-order valence-electron chi connectivity index (χ3n) is 5.99. The zero-order chi connectivity index (χ0) is 22.1. The first-order valence-electron chi connectivity index (χ1n) is 9.40. The SMILES string of the molecule is CC#Cc1ccc2c(c1)-c1cc([C@]3(C)CS(=O)(=O)C(C)(C)C(=N)N3)ccc1S2(=O)=O. The van der Waals surface area contributed by atoms with Gasteiger partial charge in [0.05, 0.1) is 21.1 Å². The highest BCUT2D eigenvalue weighted by Gasteiger charge is 2.50. The maximum absolute atomic E-state index is 13.0.